The molecule has 1 N–H and O–H groups in total. The molecule has 112 valence electrons. The van der Waals surface area contributed by atoms with Gasteiger partial charge in [-0.15, -0.1) is 0 Å². The van der Waals surface area contributed by atoms with Crippen LogP contribution in [0.2, 0.25) is 0 Å². The van der Waals surface area contributed by atoms with Crippen molar-refractivity contribution in [2.75, 3.05) is 6.61 Å². The normalized spacial score (nSPS) is 21.0. The van der Waals surface area contributed by atoms with Crippen molar-refractivity contribution in [3.63, 3.8) is 0 Å². The Morgan fingerprint density at radius 3 is 2.67 bits per heavy atom. The second kappa shape index (κ2) is 7.28. The predicted octanol–water partition coefficient (Wildman–Crippen LogP) is 2.82. The molecule has 1 amide bonds. The number of hydrogen-bond acceptors (Lipinski definition) is 2. The average molecular weight is 285 g/mol. The zero-order valence-corrected chi connectivity index (χ0v) is 12.8. The van der Waals surface area contributed by atoms with Crippen LogP contribution in [-0.4, -0.2) is 34.6 Å². The Bertz CT molecular complexity index is 539. The predicted molar refractivity (Wildman–Crippen MR) is 84.0 cm³/mol. The van der Waals surface area contributed by atoms with Gasteiger partial charge in [-0.2, -0.15) is 0 Å². The molecule has 2 atom stereocenters. The monoisotopic (exact) mass is 285 g/mol. The van der Waals surface area contributed by atoms with Crippen molar-refractivity contribution in [1.82, 2.24) is 4.90 Å². The molecule has 0 saturated carbocycles. The van der Waals surface area contributed by atoms with Gasteiger partial charge in [0.1, 0.15) is 0 Å². The maximum atomic E-state index is 12.7. The summed E-state index contributed by atoms with van der Waals surface area (Å²) in [6, 6.07) is 8.15. The van der Waals surface area contributed by atoms with Crippen molar-refractivity contribution in [1.29, 1.82) is 0 Å². The van der Waals surface area contributed by atoms with Gasteiger partial charge >= 0.3 is 0 Å². The highest BCUT2D eigenvalue weighted by molar-refractivity contribution is 5.95. The molecule has 0 spiro atoms. The molecule has 1 aliphatic heterocycles. The highest BCUT2D eigenvalue weighted by Crippen LogP contribution is 2.27. The van der Waals surface area contributed by atoms with Gasteiger partial charge in [0.2, 0.25) is 0 Å². The molecular weight excluding hydrogens is 262 g/mol. The summed E-state index contributed by atoms with van der Waals surface area (Å²) in [6.45, 7) is 4.35. The number of rotatable bonds is 3. The summed E-state index contributed by atoms with van der Waals surface area (Å²) < 4.78 is 0. The van der Waals surface area contributed by atoms with Crippen LogP contribution < -0.4 is 0 Å². The highest BCUT2D eigenvalue weighted by Gasteiger charge is 2.33. The number of nitrogens with zero attached hydrogens (tertiary/aromatic N) is 1. The van der Waals surface area contributed by atoms with Gasteiger partial charge in [0.05, 0.1) is 6.61 Å². The lowest BCUT2D eigenvalue weighted by atomic mass is 10.1. The van der Waals surface area contributed by atoms with E-state index in [1.54, 1.807) is 0 Å². The van der Waals surface area contributed by atoms with Crippen molar-refractivity contribution in [2.45, 2.75) is 51.6 Å². The maximum absolute atomic E-state index is 12.7. The van der Waals surface area contributed by atoms with Crippen molar-refractivity contribution < 1.29 is 9.90 Å². The Morgan fingerprint density at radius 2 is 2.05 bits per heavy atom. The zero-order valence-electron chi connectivity index (χ0n) is 12.8. The number of aliphatic hydroxyl groups excluding tert-OH is 1. The maximum Gasteiger partial charge on any atom is 0.254 e. The Hall–Kier alpha value is -1.79. The van der Waals surface area contributed by atoms with Crippen LogP contribution >= 0.6 is 0 Å². The van der Waals surface area contributed by atoms with Crippen molar-refractivity contribution in [3.05, 3.63) is 35.4 Å². The van der Waals surface area contributed by atoms with Gasteiger partial charge in [-0.05, 0) is 50.5 Å². The fraction of sp³-hybridized carbons (Fsp3) is 0.500. The molecule has 1 aromatic carbocycles. The minimum Gasteiger partial charge on any atom is -0.395 e. The standard InChI is InChI=1S/C18H23NO2/c1-3-17-12-7-14(2)19(17)18(21)16-10-8-15(9-11-16)6-4-5-13-20/h8-11,14,17,20H,3,5,7,12-13H2,1-2H3. The molecule has 1 aliphatic rings. The largest absolute Gasteiger partial charge is 0.395 e. The van der Waals surface area contributed by atoms with Gasteiger partial charge in [-0.25, -0.2) is 0 Å². The first-order valence-electron chi connectivity index (χ1n) is 7.69. The third kappa shape index (κ3) is 3.65. The first-order chi connectivity index (χ1) is 10.2. The van der Waals surface area contributed by atoms with Crippen LogP contribution in [0.25, 0.3) is 0 Å². The van der Waals surface area contributed by atoms with Gasteiger partial charge < -0.3 is 10.0 Å². The lowest BCUT2D eigenvalue weighted by Gasteiger charge is -2.28. The van der Waals surface area contributed by atoms with Crippen LogP contribution in [0.3, 0.4) is 0 Å². The van der Waals surface area contributed by atoms with Gasteiger partial charge in [0.15, 0.2) is 0 Å². The summed E-state index contributed by atoms with van der Waals surface area (Å²) in [5, 5.41) is 8.70. The Labute approximate surface area is 127 Å². The molecule has 0 aliphatic carbocycles. The van der Waals surface area contributed by atoms with Crippen molar-refractivity contribution in [2.24, 2.45) is 0 Å². The lowest BCUT2D eigenvalue weighted by molar-refractivity contribution is 0.0676. The van der Waals surface area contributed by atoms with E-state index in [0.29, 0.717) is 18.5 Å². The van der Waals surface area contributed by atoms with Gasteiger partial charge in [-0.1, -0.05) is 18.8 Å². The number of carbonyl (C=O) groups is 1. The molecule has 2 rings (SSSR count). The van der Waals surface area contributed by atoms with Crippen LogP contribution in [0.4, 0.5) is 0 Å². The van der Waals surface area contributed by atoms with Crippen LogP contribution in [0.1, 0.15) is 55.5 Å². The Kier molecular flexibility index (Phi) is 5.41. The Morgan fingerprint density at radius 1 is 1.33 bits per heavy atom. The zero-order chi connectivity index (χ0) is 15.2. The molecule has 1 heterocycles. The minimum atomic E-state index is 0.0782. The molecule has 3 heteroatoms. The molecule has 1 aromatic rings. The quantitative estimate of drug-likeness (QED) is 0.868. The molecular formula is C18H23NO2. The molecule has 0 aromatic heterocycles. The molecule has 1 saturated heterocycles. The summed E-state index contributed by atoms with van der Waals surface area (Å²) in [7, 11) is 0. The van der Waals surface area contributed by atoms with Crippen LogP contribution in [0.5, 0.6) is 0 Å². The van der Waals surface area contributed by atoms with Crippen LogP contribution in [0, 0.1) is 11.8 Å². The number of amides is 1. The summed E-state index contributed by atoms with van der Waals surface area (Å²) in [6.07, 6.45) is 3.69. The topological polar surface area (TPSA) is 40.5 Å². The molecule has 0 radical (unpaired) electrons. The summed E-state index contributed by atoms with van der Waals surface area (Å²) >= 11 is 0. The molecule has 3 nitrogen and oxygen atoms in total. The third-order valence-corrected chi connectivity index (χ3v) is 4.09. The van der Waals surface area contributed by atoms with E-state index in [-0.39, 0.29) is 12.5 Å². The molecule has 21 heavy (non-hydrogen) atoms. The van der Waals surface area contributed by atoms with E-state index >= 15 is 0 Å². The third-order valence-electron chi connectivity index (χ3n) is 4.09. The van der Waals surface area contributed by atoms with Crippen molar-refractivity contribution in [3.8, 4) is 11.8 Å². The van der Waals surface area contributed by atoms with Crippen molar-refractivity contribution >= 4 is 5.91 Å². The number of likely N-dealkylation sites (tertiary alicyclic amines) is 1. The smallest absolute Gasteiger partial charge is 0.254 e. The van der Waals surface area contributed by atoms with E-state index in [0.717, 1.165) is 30.4 Å². The summed E-state index contributed by atoms with van der Waals surface area (Å²) in [5.41, 5.74) is 1.61. The Balaban J connectivity index is 2.11. The van der Waals surface area contributed by atoms with Crippen LogP contribution in [0.15, 0.2) is 24.3 Å². The summed E-state index contributed by atoms with van der Waals surface area (Å²) in [4.78, 5) is 14.7. The van der Waals surface area contributed by atoms with E-state index in [2.05, 4.69) is 25.7 Å². The number of carbonyl (C=O) groups excluding carboxylic acids is 1. The highest BCUT2D eigenvalue weighted by atomic mass is 16.2. The second-order valence-corrected chi connectivity index (χ2v) is 5.55. The first kappa shape index (κ1) is 15.6. The van der Waals surface area contributed by atoms with Gasteiger partial charge in [0.25, 0.3) is 5.91 Å². The lowest BCUT2D eigenvalue weighted by Crippen LogP contribution is -2.39. The number of hydrogen-bond donors (Lipinski definition) is 1. The fourth-order valence-corrected chi connectivity index (χ4v) is 2.90. The SMILES string of the molecule is CCC1CCC(C)N1C(=O)c1ccc(C#CCCO)cc1. The average Bonchev–Trinajstić information content (AvgIpc) is 2.88. The van der Waals surface area contributed by atoms with E-state index in [4.69, 9.17) is 5.11 Å². The van der Waals surface area contributed by atoms with Gasteiger partial charge in [0, 0.05) is 29.6 Å². The molecule has 1 fully saturated rings. The number of benzene rings is 1. The minimum absolute atomic E-state index is 0.0782. The second-order valence-electron chi connectivity index (χ2n) is 5.55. The van der Waals surface area contributed by atoms with E-state index in [1.165, 1.54) is 0 Å². The van der Waals surface area contributed by atoms with E-state index in [1.807, 2.05) is 29.2 Å². The fourth-order valence-electron chi connectivity index (χ4n) is 2.90. The van der Waals surface area contributed by atoms with E-state index in [9.17, 15) is 4.79 Å². The van der Waals surface area contributed by atoms with E-state index < -0.39 is 0 Å². The van der Waals surface area contributed by atoms with Crippen LogP contribution in [-0.2, 0) is 0 Å². The first-order valence-corrected chi connectivity index (χ1v) is 7.69. The molecule has 0 bridgehead atoms. The summed E-state index contributed by atoms with van der Waals surface area (Å²) in [5.74, 6) is 5.98. The molecule has 2 unspecified atom stereocenters. The number of aliphatic hydroxyl groups is 1. The van der Waals surface area contributed by atoms with Gasteiger partial charge in [-0.3, -0.25) is 4.79 Å².